The van der Waals surface area contributed by atoms with Gasteiger partial charge in [0.25, 0.3) is 0 Å². The zero-order chi connectivity index (χ0) is 42.7. The molecule has 0 amide bonds. The number of hydrogen-bond acceptors (Lipinski definition) is 2. The molecular formula is C62H43NO. The molecule has 0 N–H and O–H groups in total. The van der Waals surface area contributed by atoms with Crippen LogP contribution in [0.2, 0.25) is 0 Å². The molecule has 2 nitrogen and oxygen atoms in total. The van der Waals surface area contributed by atoms with Crippen molar-refractivity contribution in [3.63, 3.8) is 0 Å². The highest BCUT2D eigenvalue weighted by atomic mass is 16.3. The van der Waals surface area contributed by atoms with Crippen molar-refractivity contribution in [2.24, 2.45) is 0 Å². The van der Waals surface area contributed by atoms with E-state index >= 15 is 0 Å². The summed E-state index contributed by atoms with van der Waals surface area (Å²) < 4.78 is 6.55. The van der Waals surface area contributed by atoms with Crippen molar-refractivity contribution in [2.75, 3.05) is 4.90 Å². The van der Waals surface area contributed by atoms with E-state index in [9.17, 15) is 0 Å². The van der Waals surface area contributed by atoms with E-state index in [0.717, 1.165) is 72.7 Å². The minimum Gasteiger partial charge on any atom is -0.455 e. The maximum atomic E-state index is 6.55. The van der Waals surface area contributed by atoms with Gasteiger partial charge in [-0.05, 0) is 110 Å². The third kappa shape index (κ3) is 7.70. The molecule has 0 aliphatic carbocycles. The highest BCUT2D eigenvalue weighted by Gasteiger charge is 2.18. The van der Waals surface area contributed by atoms with Gasteiger partial charge >= 0.3 is 0 Å². The first-order valence-corrected chi connectivity index (χ1v) is 21.8. The first-order valence-electron chi connectivity index (χ1n) is 21.8. The van der Waals surface area contributed by atoms with E-state index in [1.807, 2.05) is 12.1 Å². The zero-order valence-electron chi connectivity index (χ0n) is 35.2. The predicted octanol–water partition coefficient (Wildman–Crippen LogP) is 17.6. The Kier molecular flexibility index (Phi) is 10.3. The first kappa shape index (κ1) is 38.5. The van der Waals surface area contributed by atoms with E-state index in [0.29, 0.717) is 0 Å². The van der Waals surface area contributed by atoms with Crippen molar-refractivity contribution in [3.05, 3.63) is 261 Å². The van der Waals surface area contributed by atoms with Crippen LogP contribution >= 0.6 is 0 Å². The molecule has 0 aliphatic heterocycles. The van der Waals surface area contributed by atoms with Gasteiger partial charge in [0.05, 0.1) is 0 Å². The monoisotopic (exact) mass is 817 g/mol. The number of anilines is 3. The highest BCUT2D eigenvalue weighted by molar-refractivity contribution is 6.02. The predicted molar refractivity (Wildman–Crippen MR) is 269 cm³/mol. The molecule has 1 aromatic heterocycles. The number of hydrogen-bond donors (Lipinski definition) is 0. The molecule has 302 valence electrons. The quantitative estimate of drug-likeness (QED) is 0.137. The average Bonchev–Trinajstić information content (AvgIpc) is 3.78. The summed E-state index contributed by atoms with van der Waals surface area (Å²) in [7, 11) is 0. The smallest absolute Gasteiger partial charge is 0.143 e. The largest absolute Gasteiger partial charge is 0.455 e. The summed E-state index contributed by atoms with van der Waals surface area (Å²) in [6, 6.07) is 93.0. The highest BCUT2D eigenvalue weighted by Crippen LogP contribution is 2.42. The van der Waals surface area contributed by atoms with Crippen LogP contribution in [-0.2, 0) is 0 Å². The molecule has 11 rings (SSSR count). The number of para-hydroxylation sites is 1. The van der Waals surface area contributed by atoms with E-state index in [1.54, 1.807) is 0 Å². The van der Waals surface area contributed by atoms with Crippen LogP contribution in [0.5, 0.6) is 0 Å². The lowest BCUT2D eigenvalue weighted by Gasteiger charge is -2.26. The Morgan fingerprint density at radius 2 is 0.547 bits per heavy atom. The maximum Gasteiger partial charge on any atom is 0.143 e. The van der Waals surface area contributed by atoms with Crippen LogP contribution < -0.4 is 4.90 Å². The molecule has 0 aliphatic rings. The van der Waals surface area contributed by atoms with Crippen LogP contribution in [0.1, 0.15) is 0 Å². The van der Waals surface area contributed by atoms with Crippen molar-refractivity contribution < 1.29 is 4.42 Å². The molecule has 0 saturated heterocycles. The van der Waals surface area contributed by atoms with Crippen molar-refractivity contribution in [1.29, 1.82) is 0 Å². The van der Waals surface area contributed by atoms with E-state index in [4.69, 9.17) is 4.42 Å². The van der Waals surface area contributed by atoms with Crippen LogP contribution in [0.15, 0.2) is 265 Å². The summed E-state index contributed by atoms with van der Waals surface area (Å²) >= 11 is 0. The molecule has 11 aromatic rings. The van der Waals surface area contributed by atoms with Crippen molar-refractivity contribution in [3.8, 4) is 78.1 Å². The third-order valence-corrected chi connectivity index (χ3v) is 12.1. The van der Waals surface area contributed by atoms with Gasteiger partial charge in [0.15, 0.2) is 0 Å². The number of furan rings is 1. The molecule has 1 heterocycles. The fraction of sp³-hybridized carbons (Fsp3) is 0. The normalized spacial score (nSPS) is 11.1. The van der Waals surface area contributed by atoms with E-state index in [1.165, 1.54) is 33.4 Å². The van der Waals surface area contributed by atoms with Crippen molar-refractivity contribution in [1.82, 2.24) is 0 Å². The number of rotatable bonds is 10. The van der Waals surface area contributed by atoms with E-state index in [-0.39, 0.29) is 0 Å². The lowest BCUT2D eigenvalue weighted by atomic mass is 9.95. The summed E-state index contributed by atoms with van der Waals surface area (Å²) in [5.41, 5.74) is 19.3. The van der Waals surface area contributed by atoms with Gasteiger partial charge in [-0.1, -0.05) is 212 Å². The standard InChI is InChI=1S/C62H43NO/c1-4-13-44(14-5-1)46-23-25-47(26-24-46)50-33-39-57(40-34-50)63(56-37-31-49(32-38-56)45-15-6-2-7-16-45)58-41-35-51(36-42-58)48-27-29-52(30-28-48)54-19-12-20-55(43-54)62-61(53-17-8-3-9-18-53)59-21-10-11-22-60(59)64-62/h1-43H. The molecule has 0 spiro atoms. The van der Waals surface area contributed by atoms with Crippen LogP contribution in [0.3, 0.4) is 0 Å². The molecule has 0 saturated carbocycles. The second kappa shape index (κ2) is 17.1. The van der Waals surface area contributed by atoms with Gasteiger partial charge in [-0.2, -0.15) is 0 Å². The maximum absolute atomic E-state index is 6.55. The molecular weight excluding hydrogens is 775 g/mol. The SMILES string of the molecule is c1ccc(-c2ccc(-c3ccc(N(c4ccc(-c5ccccc5)cc4)c4ccc(-c5ccc(-c6cccc(-c7oc8ccccc8c7-c7ccccc7)c6)cc5)cc4)cc3)cc2)cc1. The molecule has 0 unspecified atom stereocenters. The Labute approximate surface area is 374 Å². The third-order valence-electron chi connectivity index (χ3n) is 12.1. The first-order chi connectivity index (χ1) is 31.7. The molecule has 10 aromatic carbocycles. The molecule has 0 atom stereocenters. The van der Waals surface area contributed by atoms with Gasteiger partial charge in [-0.25, -0.2) is 0 Å². The molecule has 2 heteroatoms. The summed E-state index contributed by atoms with van der Waals surface area (Å²) in [5.74, 6) is 0.886. The van der Waals surface area contributed by atoms with Crippen LogP contribution in [0.4, 0.5) is 17.1 Å². The number of nitrogens with zero attached hydrogens (tertiary/aromatic N) is 1. The minimum atomic E-state index is 0.886. The molecule has 64 heavy (non-hydrogen) atoms. The zero-order valence-corrected chi connectivity index (χ0v) is 35.2. The van der Waals surface area contributed by atoms with Crippen LogP contribution in [-0.4, -0.2) is 0 Å². The summed E-state index contributed by atoms with van der Waals surface area (Å²) in [6.07, 6.45) is 0. The van der Waals surface area contributed by atoms with Crippen LogP contribution in [0, 0.1) is 0 Å². The fourth-order valence-electron chi connectivity index (χ4n) is 8.81. The van der Waals surface area contributed by atoms with E-state index in [2.05, 4.69) is 254 Å². The average molecular weight is 818 g/mol. The molecule has 0 bridgehead atoms. The molecule has 0 fully saturated rings. The summed E-state index contributed by atoms with van der Waals surface area (Å²) in [5, 5.41) is 1.12. The Hall–Kier alpha value is -8.46. The van der Waals surface area contributed by atoms with Gasteiger partial charge in [-0.15, -0.1) is 0 Å². The Bertz CT molecular complexity index is 3300. The van der Waals surface area contributed by atoms with Gasteiger partial charge in [-0.3, -0.25) is 0 Å². The second-order valence-corrected chi connectivity index (χ2v) is 16.1. The van der Waals surface area contributed by atoms with Gasteiger partial charge in [0, 0.05) is 33.6 Å². The number of fused-ring (bicyclic) bond motifs is 1. The van der Waals surface area contributed by atoms with Gasteiger partial charge < -0.3 is 9.32 Å². The van der Waals surface area contributed by atoms with Gasteiger partial charge in [0.2, 0.25) is 0 Å². The number of benzene rings is 10. The summed E-state index contributed by atoms with van der Waals surface area (Å²) in [4.78, 5) is 2.34. The Morgan fingerprint density at radius 1 is 0.234 bits per heavy atom. The topological polar surface area (TPSA) is 16.4 Å². The van der Waals surface area contributed by atoms with E-state index < -0.39 is 0 Å². The van der Waals surface area contributed by atoms with Crippen molar-refractivity contribution >= 4 is 28.0 Å². The fourth-order valence-corrected chi connectivity index (χ4v) is 8.81. The van der Waals surface area contributed by atoms with Crippen LogP contribution in [0.25, 0.3) is 89.1 Å². The second-order valence-electron chi connectivity index (χ2n) is 16.1. The summed E-state index contributed by atoms with van der Waals surface area (Å²) in [6.45, 7) is 0. The van der Waals surface area contributed by atoms with Crippen molar-refractivity contribution in [2.45, 2.75) is 0 Å². The van der Waals surface area contributed by atoms with Gasteiger partial charge in [0.1, 0.15) is 11.3 Å². The Balaban J connectivity index is 0.878. The molecule has 0 radical (unpaired) electrons. The lowest BCUT2D eigenvalue weighted by molar-refractivity contribution is 0.632. The Morgan fingerprint density at radius 3 is 0.984 bits per heavy atom. The lowest BCUT2D eigenvalue weighted by Crippen LogP contribution is -2.09. The minimum absolute atomic E-state index is 0.886.